The first kappa shape index (κ1) is 15.0. The molecule has 2 saturated carbocycles. The fourth-order valence-corrected chi connectivity index (χ4v) is 5.90. The fraction of sp³-hybridized carbons (Fsp3) is 0.556. The highest BCUT2D eigenvalue weighted by atomic mass is 19.1. The van der Waals surface area contributed by atoms with E-state index >= 15 is 0 Å². The van der Waals surface area contributed by atoms with Crippen LogP contribution in [0.25, 0.3) is 0 Å². The average molecular weight is 347 g/mol. The Morgan fingerprint density at radius 1 is 1.32 bits per heavy atom. The lowest BCUT2D eigenvalue weighted by molar-refractivity contribution is -0.138. The predicted octanol–water partition coefficient (Wildman–Crippen LogP) is 2.27. The highest BCUT2D eigenvalue weighted by Gasteiger charge is 2.88. The molecule has 6 nitrogen and oxygen atoms in total. The smallest absolute Gasteiger partial charge is 0.305 e. The van der Waals surface area contributed by atoms with E-state index in [4.69, 9.17) is 9.47 Å². The highest BCUT2D eigenvalue weighted by Crippen LogP contribution is 2.85. The van der Waals surface area contributed by atoms with Crippen molar-refractivity contribution in [2.24, 2.45) is 16.7 Å². The number of carbonyl (C=O) groups is 2. The van der Waals surface area contributed by atoms with Crippen molar-refractivity contribution < 1.29 is 28.6 Å². The van der Waals surface area contributed by atoms with Crippen molar-refractivity contribution in [1.82, 2.24) is 4.90 Å². The second-order valence-corrected chi connectivity index (χ2v) is 8.00. The number of halogens is 1. The monoisotopic (exact) mass is 347 g/mol. The molecule has 2 saturated heterocycles. The molecule has 5 aliphatic rings. The van der Waals surface area contributed by atoms with Gasteiger partial charge in [-0.05, 0) is 29.9 Å². The molecular weight excluding hydrogens is 329 g/mol. The Kier molecular flexibility index (Phi) is 2.55. The van der Waals surface area contributed by atoms with Gasteiger partial charge in [0.05, 0.1) is 12.0 Å². The SMILES string of the molecule is CC1(C)C2[C@@H]3CC31[C@@H](CC(=O)O)N2C(=O)c1ccc(F)c2c1OCO2. The minimum Gasteiger partial charge on any atom is -0.481 e. The maximum atomic E-state index is 13.8. The Morgan fingerprint density at radius 2 is 2.04 bits per heavy atom. The number of carboxylic acids is 1. The van der Waals surface area contributed by atoms with Crippen LogP contribution in [0.1, 0.15) is 37.0 Å². The highest BCUT2D eigenvalue weighted by molar-refractivity contribution is 5.99. The Balaban J connectivity index is 1.56. The van der Waals surface area contributed by atoms with Gasteiger partial charge in [0, 0.05) is 17.5 Å². The van der Waals surface area contributed by atoms with Crippen LogP contribution < -0.4 is 9.47 Å². The zero-order valence-electron chi connectivity index (χ0n) is 13.9. The quantitative estimate of drug-likeness (QED) is 0.908. The molecular formula is C18H18FNO5. The van der Waals surface area contributed by atoms with Crippen molar-refractivity contribution in [1.29, 1.82) is 0 Å². The standard InChI is InChI=1S/C18H18FNO5/c1-17(2)15-9-6-18(9,17)11(5-12(21)22)20(15)16(23)8-3-4-10(19)14-13(8)24-7-25-14/h3-4,9,11,15H,5-7H2,1-2H3,(H,21,22)/t9-,11+,15?,18?/m0/s1. The number of fused-ring (bicyclic) bond motifs is 2. The third-order valence-corrected chi connectivity index (χ3v) is 6.91. The number of nitrogens with zero attached hydrogens (tertiary/aromatic N) is 1. The molecule has 1 amide bonds. The summed E-state index contributed by atoms with van der Waals surface area (Å²) in [5.41, 5.74) is 0.0451. The molecule has 0 aromatic heterocycles. The van der Waals surface area contributed by atoms with E-state index in [0.29, 0.717) is 5.92 Å². The Labute approximate surface area is 143 Å². The van der Waals surface area contributed by atoms with Crippen molar-refractivity contribution in [3.8, 4) is 11.5 Å². The summed E-state index contributed by atoms with van der Waals surface area (Å²) in [6.07, 6.45) is 0.913. The van der Waals surface area contributed by atoms with Gasteiger partial charge in [-0.25, -0.2) is 4.39 Å². The third kappa shape index (κ3) is 1.51. The van der Waals surface area contributed by atoms with Crippen LogP contribution in [-0.2, 0) is 4.79 Å². The van der Waals surface area contributed by atoms with Gasteiger partial charge in [0.25, 0.3) is 5.91 Å². The van der Waals surface area contributed by atoms with Crippen LogP contribution in [0.2, 0.25) is 0 Å². The van der Waals surface area contributed by atoms with E-state index in [1.54, 1.807) is 4.90 Å². The molecule has 0 radical (unpaired) electrons. The number of rotatable bonds is 3. The molecule has 2 aliphatic carbocycles. The lowest BCUT2D eigenvalue weighted by Gasteiger charge is -2.43. The van der Waals surface area contributed by atoms with E-state index in [1.165, 1.54) is 12.1 Å². The number of carbonyl (C=O) groups excluding carboxylic acids is 1. The molecule has 3 heterocycles. The molecule has 2 bridgehead atoms. The van der Waals surface area contributed by atoms with Crippen LogP contribution in [0.15, 0.2) is 12.1 Å². The number of carboxylic acid groups (broad SMARTS) is 1. The van der Waals surface area contributed by atoms with E-state index in [2.05, 4.69) is 13.8 Å². The molecule has 3 aliphatic heterocycles. The summed E-state index contributed by atoms with van der Waals surface area (Å²) in [5, 5.41) is 9.34. The van der Waals surface area contributed by atoms with Gasteiger partial charge in [0.2, 0.25) is 12.5 Å². The Morgan fingerprint density at radius 3 is 2.72 bits per heavy atom. The second kappa shape index (κ2) is 4.26. The van der Waals surface area contributed by atoms with E-state index < -0.39 is 11.8 Å². The van der Waals surface area contributed by atoms with Gasteiger partial charge in [0.1, 0.15) is 0 Å². The Hall–Kier alpha value is -2.31. The molecule has 2 unspecified atom stereocenters. The van der Waals surface area contributed by atoms with E-state index in [0.717, 1.165) is 6.42 Å². The lowest BCUT2D eigenvalue weighted by atomic mass is 9.60. The first-order chi connectivity index (χ1) is 11.8. The van der Waals surface area contributed by atoms with Gasteiger partial charge in [-0.15, -0.1) is 0 Å². The first-order valence-corrected chi connectivity index (χ1v) is 8.43. The van der Waals surface area contributed by atoms with Crippen LogP contribution >= 0.6 is 0 Å². The van der Waals surface area contributed by atoms with Gasteiger partial charge in [-0.1, -0.05) is 13.8 Å². The van der Waals surface area contributed by atoms with E-state index in [1.807, 2.05) is 0 Å². The summed E-state index contributed by atoms with van der Waals surface area (Å²) >= 11 is 0. The van der Waals surface area contributed by atoms with Gasteiger partial charge in [0.15, 0.2) is 11.6 Å². The van der Waals surface area contributed by atoms with Gasteiger partial charge < -0.3 is 19.5 Å². The number of benzene rings is 1. The van der Waals surface area contributed by atoms with E-state index in [9.17, 15) is 19.1 Å². The molecule has 7 heteroatoms. The van der Waals surface area contributed by atoms with Gasteiger partial charge >= 0.3 is 5.97 Å². The molecule has 25 heavy (non-hydrogen) atoms. The molecule has 4 fully saturated rings. The van der Waals surface area contributed by atoms with Crippen molar-refractivity contribution in [2.75, 3.05) is 6.79 Å². The van der Waals surface area contributed by atoms with Crippen molar-refractivity contribution >= 4 is 11.9 Å². The summed E-state index contributed by atoms with van der Waals surface area (Å²) in [5.74, 6) is -1.33. The zero-order valence-corrected chi connectivity index (χ0v) is 13.9. The predicted molar refractivity (Wildman–Crippen MR) is 82.8 cm³/mol. The number of hydrogen-bond acceptors (Lipinski definition) is 4. The molecule has 1 aromatic rings. The van der Waals surface area contributed by atoms with Crippen molar-refractivity contribution in [3.63, 3.8) is 0 Å². The molecule has 4 atom stereocenters. The van der Waals surface area contributed by atoms with Crippen molar-refractivity contribution in [3.05, 3.63) is 23.5 Å². The van der Waals surface area contributed by atoms with Gasteiger partial charge in [-0.2, -0.15) is 0 Å². The fourth-order valence-electron chi connectivity index (χ4n) is 5.90. The molecule has 1 aromatic carbocycles. The second-order valence-electron chi connectivity index (χ2n) is 8.00. The zero-order chi connectivity index (χ0) is 17.7. The van der Waals surface area contributed by atoms with Crippen LogP contribution in [-0.4, -0.2) is 40.8 Å². The topological polar surface area (TPSA) is 76.1 Å². The molecule has 1 spiro atoms. The minimum atomic E-state index is -0.907. The largest absolute Gasteiger partial charge is 0.481 e. The average Bonchev–Trinajstić information content (AvgIpc) is 2.82. The summed E-state index contributed by atoms with van der Waals surface area (Å²) in [4.78, 5) is 26.4. The van der Waals surface area contributed by atoms with Crippen LogP contribution in [0.4, 0.5) is 4.39 Å². The minimum absolute atomic E-state index is 0.0207. The Bertz CT molecular complexity index is 837. The maximum absolute atomic E-state index is 13.8. The first-order valence-electron chi connectivity index (χ1n) is 8.43. The normalized spacial score (nSPS) is 35.2. The molecule has 1 N–H and O–H groups in total. The van der Waals surface area contributed by atoms with Gasteiger partial charge in [-0.3, -0.25) is 9.59 Å². The van der Waals surface area contributed by atoms with E-state index in [-0.39, 0.29) is 59.1 Å². The molecule has 132 valence electrons. The number of amides is 1. The summed E-state index contributed by atoms with van der Waals surface area (Å²) in [6, 6.07) is 2.28. The summed E-state index contributed by atoms with van der Waals surface area (Å²) < 4.78 is 24.3. The van der Waals surface area contributed by atoms with Crippen LogP contribution in [0.3, 0.4) is 0 Å². The van der Waals surface area contributed by atoms with Crippen LogP contribution in [0.5, 0.6) is 11.5 Å². The molecule has 6 rings (SSSR count). The number of aliphatic carboxylic acids is 1. The summed E-state index contributed by atoms with van der Waals surface area (Å²) in [6.45, 7) is 4.09. The lowest BCUT2D eigenvalue weighted by Crippen LogP contribution is -2.49. The number of ether oxygens (including phenoxy) is 2. The maximum Gasteiger partial charge on any atom is 0.305 e. The number of piperidine rings is 1. The third-order valence-electron chi connectivity index (χ3n) is 6.91. The number of hydrogen-bond donors (Lipinski definition) is 1. The van der Waals surface area contributed by atoms with Crippen LogP contribution in [0, 0.1) is 22.6 Å². The van der Waals surface area contributed by atoms with Crippen molar-refractivity contribution in [2.45, 2.75) is 38.8 Å². The summed E-state index contributed by atoms with van der Waals surface area (Å²) in [7, 11) is 0.